The molecule has 1 N–H and O–H groups in total. The fraction of sp³-hybridized carbons (Fsp3) is 0.444. The molecule has 0 radical (unpaired) electrons. The van der Waals surface area contributed by atoms with Crippen LogP contribution in [0.4, 0.5) is 0 Å². The van der Waals surface area contributed by atoms with Crippen LogP contribution in [0.5, 0.6) is 0 Å². The molecule has 14 heavy (non-hydrogen) atoms. The highest BCUT2D eigenvalue weighted by Crippen LogP contribution is 1.94. The molecule has 0 saturated carbocycles. The summed E-state index contributed by atoms with van der Waals surface area (Å²) in [5.41, 5.74) is 1.75. The Morgan fingerprint density at radius 2 is 2.29 bits per heavy atom. The first-order valence-corrected chi connectivity index (χ1v) is 4.86. The van der Waals surface area contributed by atoms with Crippen LogP contribution in [0.25, 0.3) is 0 Å². The first-order valence-electron chi connectivity index (χ1n) is 4.32. The maximum absolute atomic E-state index is 10.8. The molecule has 1 aromatic heterocycles. The van der Waals surface area contributed by atoms with Crippen LogP contribution in [0.3, 0.4) is 0 Å². The third kappa shape index (κ3) is 3.70. The molecule has 1 rings (SSSR count). The Bertz CT molecular complexity index is 299. The molecule has 0 atom stereocenters. The molecule has 0 aliphatic carbocycles. The van der Waals surface area contributed by atoms with Crippen LogP contribution < -0.4 is 5.32 Å². The van der Waals surface area contributed by atoms with Crippen molar-refractivity contribution in [2.75, 3.05) is 12.4 Å². The molecule has 0 spiro atoms. The maximum Gasteiger partial charge on any atom is 0.234 e. The number of hydrogen-bond acceptors (Lipinski definition) is 3. The lowest BCUT2D eigenvalue weighted by molar-refractivity contribution is -0.118. The summed E-state index contributed by atoms with van der Waals surface area (Å²) in [6.45, 7) is 2.43. The van der Waals surface area contributed by atoms with E-state index in [1.54, 1.807) is 12.4 Å². The van der Waals surface area contributed by atoms with Crippen molar-refractivity contribution in [3.8, 4) is 0 Å². The summed E-state index contributed by atoms with van der Waals surface area (Å²) in [5.74, 6) is -0.161. The normalized spacial score (nSPS) is 9.86. The molecule has 0 bridgehead atoms. The van der Waals surface area contributed by atoms with Gasteiger partial charge in [0.2, 0.25) is 5.91 Å². The van der Waals surface area contributed by atoms with Crippen molar-refractivity contribution in [3.05, 3.63) is 23.8 Å². The fourth-order valence-corrected chi connectivity index (χ4v) is 1.02. The Balaban J connectivity index is 2.31. The number of nitrogens with zero attached hydrogens (tertiary/aromatic N) is 2. The van der Waals surface area contributed by atoms with Crippen molar-refractivity contribution >= 4 is 17.5 Å². The van der Waals surface area contributed by atoms with Crippen LogP contribution in [0, 0.1) is 6.92 Å². The quantitative estimate of drug-likeness (QED) is 0.749. The molecular formula is C9H12ClN3O. The van der Waals surface area contributed by atoms with Gasteiger partial charge >= 0.3 is 0 Å². The summed E-state index contributed by atoms with van der Waals surface area (Å²) in [6.07, 6.45) is 4.09. The molecule has 5 heteroatoms. The van der Waals surface area contributed by atoms with Crippen molar-refractivity contribution in [1.29, 1.82) is 0 Å². The van der Waals surface area contributed by atoms with Crippen LogP contribution in [-0.2, 0) is 11.2 Å². The van der Waals surface area contributed by atoms with E-state index in [1.165, 1.54) is 0 Å². The average molecular weight is 214 g/mol. The largest absolute Gasteiger partial charge is 0.355 e. The van der Waals surface area contributed by atoms with Gasteiger partial charge in [0, 0.05) is 25.4 Å². The predicted molar refractivity (Wildman–Crippen MR) is 54.2 cm³/mol. The van der Waals surface area contributed by atoms with Gasteiger partial charge < -0.3 is 5.32 Å². The number of nitrogens with one attached hydrogen (secondary N) is 1. The summed E-state index contributed by atoms with van der Waals surface area (Å²) in [4.78, 5) is 19.0. The summed E-state index contributed by atoms with van der Waals surface area (Å²) in [7, 11) is 0. The predicted octanol–water partition coefficient (Wildman–Crippen LogP) is 0.683. The second kappa shape index (κ2) is 5.54. The standard InChI is InChI=1S/C9H12ClN3O/c1-7-5-13-8(6-12-7)2-3-11-9(14)4-10/h5-6H,2-4H2,1H3,(H,11,14). The number of aromatic nitrogens is 2. The van der Waals surface area contributed by atoms with Crippen LogP contribution in [0.1, 0.15) is 11.4 Å². The van der Waals surface area contributed by atoms with Crippen molar-refractivity contribution in [1.82, 2.24) is 15.3 Å². The average Bonchev–Trinajstić information content (AvgIpc) is 2.21. The number of aryl methyl sites for hydroxylation is 1. The number of hydrogen-bond donors (Lipinski definition) is 1. The second-order valence-corrected chi connectivity index (χ2v) is 3.15. The molecule has 76 valence electrons. The van der Waals surface area contributed by atoms with E-state index in [9.17, 15) is 4.79 Å². The maximum atomic E-state index is 10.8. The SMILES string of the molecule is Cc1cnc(CCNC(=O)CCl)cn1. The molecule has 0 aliphatic rings. The third-order valence-corrected chi connectivity index (χ3v) is 1.90. The number of amides is 1. The van der Waals surface area contributed by atoms with Gasteiger partial charge in [0.1, 0.15) is 5.88 Å². The minimum absolute atomic E-state index is 0.000420. The second-order valence-electron chi connectivity index (χ2n) is 2.88. The molecule has 1 aromatic rings. The van der Waals surface area contributed by atoms with Crippen LogP contribution >= 0.6 is 11.6 Å². The summed E-state index contributed by atoms with van der Waals surface area (Å²) >= 11 is 5.31. The highest BCUT2D eigenvalue weighted by molar-refractivity contribution is 6.27. The van der Waals surface area contributed by atoms with Gasteiger partial charge in [-0.2, -0.15) is 0 Å². The monoisotopic (exact) mass is 213 g/mol. The first-order chi connectivity index (χ1) is 6.72. The van der Waals surface area contributed by atoms with Crippen molar-refractivity contribution in [3.63, 3.8) is 0 Å². The Kier molecular flexibility index (Phi) is 4.32. The van der Waals surface area contributed by atoms with E-state index in [-0.39, 0.29) is 11.8 Å². The summed E-state index contributed by atoms with van der Waals surface area (Å²) in [5, 5.41) is 2.66. The minimum Gasteiger partial charge on any atom is -0.355 e. The van der Waals surface area contributed by atoms with Gasteiger partial charge in [-0.15, -0.1) is 11.6 Å². The van der Waals surface area contributed by atoms with E-state index >= 15 is 0 Å². The summed E-state index contributed by atoms with van der Waals surface area (Å²) < 4.78 is 0. The molecule has 1 heterocycles. The number of halogens is 1. The van der Waals surface area contributed by atoms with Crippen LogP contribution in [-0.4, -0.2) is 28.3 Å². The zero-order valence-electron chi connectivity index (χ0n) is 7.96. The van der Waals surface area contributed by atoms with Gasteiger partial charge in [-0.1, -0.05) is 0 Å². The van der Waals surface area contributed by atoms with Crippen LogP contribution in [0.2, 0.25) is 0 Å². The van der Waals surface area contributed by atoms with E-state index in [0.717, 1.165) is 11.4 Å². The van der Waals surface area contributed by atoms with Crippen molar-refractivity contribution < 1.29 is 4.79 Å². The van der Waals surface area contributed by atoms with Gasteiger partial charge in [-0.3, -0.25) is 14.8 Å². The van der Waals surface area contributed by atoms with E-state index in [4.69, 9.17) is 11.6 Å². The zero-order chi connectivity index (χ0) is 10.4. The molecule has 0 unspecified atom stereocenters. The first kappa shape index (κ1) is 10.9. The highest BCUT2D eigenvalue weighted by Gasteiger charge is 1.98. The van der Waals surface area contributed by atoms with Gasteiger partial charge in [-0.25, -0.2) is 0 Å². The Hall–Kier alpha value is -1.16. The number of alkyl halides is 1. The summed E-state index contributed by atoms with van der Waals surface area (Å²) in [6, 6.07) is 0. The smallest absolute Gasteiger partial charge is 0.234 e. The van der Waals surface area contributed by atoms with Crippen molar-refractivity contribution in [2.45, 2.75) is 13.3 Å². The highest BCUT2D eigenvalue weighted by atomic mass is 35.5. The Morgan fingerprint density at radius 1 is 1.50 bits per heavy atom. The Labute approximate surface area is 87.7 Å². The van der Waals surface area contributed by atoms with Gasteiger partial charge in [0.05, 0.1) is 11.4 Å². The third-order valence-electron chi connectivity index (χ3n) is 1.66. The van der Waals surface area contributed by atoms with E-state index in [0.29, 0.717) is 13.0 Å². The van der Waals surface area contributed by atoms with E-state index in [2.05, 4.69) is 15.3 Å². The molecule has 0 saturated heterocycles. The molecule has 1 amide bonds. The lowest BCUT2D eigenvalue weighted by Crippen LogP contribution is -2.26. The van der Waals surface area contributed by atoms with E-state index in [1.807, 2.05) is 6.92 Å². The van der Waals surface area contributed by atoms with Crippen LogP contribution in [0.15, 0.2) is 12.4 Å². The van der Waals surface area contributed by atoms with Crippen molar-refractivity contribution in [2.24, 2.45) is 0 Å². The molecular weight excluding hydrogens is 202 g/mol. The van der Waals surface area contributed by atoms with Gasteiger partial charge in [0.25, 0.3) is 0 Å². The lowest BCUT2D eigenvalue weighted by atomic mass is 10.3. The lowest BCUT2D eigenvalue weighted by Gasteiger charge is -2.02. The zero-order valence-corrected chi connectivity index (χ0v) is 8.71. The molecule has 0 fully saturated rings. The fourth-order valence-electron chi connectivity index (χ4n) is 0.926. The molecule has 0 aliphatic heterocycles. The molecule has 4 nitrogen and oxygen atoms in total. The molecule has 0 aromatic carbocycles. The topological polar surface area (TPSA) is 54.9 Å². The van der Waals surface area contributed by atoms with Gasteiger partial charge in [-0.05, 0) is 6.92 Å². The number of rotatable bonds is 4. The minimum atomic E-state index is -0.160. The number of carbonyl (C=O) groups is 1. The van der Waals surface area contributed by atoms with Gasteiger partial charge in [0.15, 0.2) is 0 Å². The van der Waals surface area contributed by atoms with E-state index < -0.39 is 0 Å². The number of carbonyl (C=O) groups excluding carboxylic acids is 1. The Morgan fingerprint density at radius 3 is 2.86 bits per heavy atom.